The minimum atomic E-state index is -1.52. The van der Waals surface area contributed by atoms with E-state index < -0.39 is 84.8 Å². The van der Waals surface area contributed by atoms with Crippen molar-refractivity contribution in [1.29, 1.82) is 0 Å². The summed E-state index contributed by atoms with van der Waals surface area (Å²) in [6, 6.07) is -6.26. The maximum atomic E-state index is 13.4. The van der Waals surface area contributed by atoms with Crippen molar-refractivity contribution in [3.05, 3.63) is 18.2 Å². The topological polar surface area (TPSA) is 312 Å². The van der Waals surface area contributed by atoms with Gasteiger partial charge in [0.15, 0.2) is 0 Å². The van der Waals surface area contributed by atoms with Crippen LogP contribution in [0.15, 0.2) is 12.5 Å². The second-order valence-corrected chi connectivity index (χ2v) is 10.8. The van der Waals surface area contributed by atoms with Gasteiger partial charge in [0.1, 0.15) is 24.2 Å². The number of nitrogens with one attached hydrogen (secondary N) is 5. The van der Waals surface area contributed by atoms with Gasteiger partial charge < -0.3 is 57.9 Å². The molecule has 1 aromatic rings. The first-order valence-electron chi connectivity index (χ1n) is 14.8. The van der Waals surface area contributed by atoms with E-state index >= 15 is 0 Å². The zero-order valence-electron chi connectivity index (χ0n) is 25.3. The molecule has 19 heteroatoms. The number of carbonyl (C=O) groups excluding carboxylic acids is 5. The van der Waals surface area contributed by atoms with Crippen molar-refractivity contribution in [3.8, 4) is 0 Å². The zero-order chi connectivity index (χ0) is 34.2. The number of hydrogen-bond donors (Lipinski definition) is 10. The van der Waals surface area contributed by atoms with Crippen molar-refractivity contribution in [2.75, 3.05) is 26.2 Å². The van der Waals surface area contributed by atoms with Crippen molar-refractivity contribution >= 4 is 41.5 Å². The Kier molecular flexibility index (Phi) is 15.5. The van der Waals surface area contributed by atoms with Crippen LogP contribution in [0.25, 0.3) is 0 Å². The molecular formula is C27H43N9O10. The largest absolute Gasteiger partial charge is 0.481 e. The number of aromatic amines is 1. The second kappa shape index (κ2) is 19.0. The predicted molar refractivity (Wildman–Crippen MR) is 158 cm³/mol. The standard InChI is InChI=1S/C27H43N9O10/c28-8-2-1-4-17(25(43)35-19(13-37)24(42)31-12-21(38)36-9-3-5-20(36)27(45)46)33-26(44)18(10-15-11-30-14-32-15)34-23(41)16(29)6-7-22(39)40/h11,14,16-20,37H,1-10,12-13,28-29H2,(H,30,32)(H,31,42)(H,33,44)(H,34,41)(H,35,43)(H,39,40)(H,45,46)/t16-,17-,18-,19-,20-/m0/s1. The fraction of sp³-hybridized carbons (Fsp3) is 0.630. The van der Waals surface area contributed by atoms with Gasteiger partial charge in [0.25, 0.3) is 0 Å². The first-order valence-corrected chi connectivity index (χ1v) is 14.8. The van der Waals surface area contributed by atoms with Crippen molar-refractivity contribution in [2.45, 2.75) is 81.6 Å². The number of imidazole rings is 1. The van der Waals surface area contributed by atoms with Gasteiger partial charge in [-0.05, 0) is 45.1 Å². The van der Waals surface area contributed by atoms with E-state index in [9.17, 15) is 43.8 Å². The van der Waals surface area contributed by atoms with Gasteiger partial charge in [0.2, 0.25) is 29.5 Å². The van der Waals surface area contributed by atoms with Crippen molar-refractivity contribution < 1.29 is 48.9 Å². The Bertz CT molecular complexity index is 1210. The normalized spacial score (nSPS) is 16.8. The minimum Gasteiger partial charge on any atom is -0.481 e. The summed E-state index contributed by atoms with van der Waals surface area (Å²) in [5.41, 5.74) is 11.8. The van der Waals surface area contributed by atoms with Gasteiger partial charge in [-0.1, -0.05) is 0 Å². The van der Waals surface area contributed by atoms with Crippen molar-refractivity contribution in [1.82, 2.24) is 36.1 Å². The number of aliphatic carboxylic acids is 2. The molecule has 1 fully saturated rings. The first kappa shape index (κ1) is 37.6. The Labute approximate surface area is 264 Å². The third-order valence-electron chi connectivity index (χ3n) is 7.29. The lowest BCUT2D eigenvalue weighted by molar-refractivity contribution is -0.148. The molecule has 0 spiro atoms. The molecule has 5 amide bonds. The summed E-state index contributed by atoms with van der Waals surface area (Å²) in [5, 5.41) is 37.6. The SMILES string of the molecule is NCCCC[C@H](NC(=O)[C@H](Cc1cnc[nH]1)NC(=O)[C@@H](N)CCC(=O)O)C(=O)N[C@@H](CO)C(=O)NCC(=O)N1CCC[C@H]1C(=O)O. The predicted octanol–water partition coefficient (Wildman–Crippen LogP) is -4.09. The molecular weight excluding hydrogens is 610 g/mol. The molecule has 0 radical (unpaired) electrons. The Morgan fingerprint density at radius 2 is 1.63 bits per heavy atom. The number of hydrogen-bond acceptors (Lipinski definition) is 11. The molecule has 1 aliphatic heterocycles. The fourth-order valence-corrected chi connectivity index (χ4v) is 4.72. The van der Waals surface area contributed by atoms with Crippen molar-refractivity contribution in [3.63, 3.8) is 0 Å². The third-order valence-corrected chi connectivity index (χ3v) is 7.29. The third kappa shape index (κ3) is 12.1. The van der Waals surface area contributed by atoms with E-state index in [0.717, 1.165) is 4.90 Å². The highest BCUT2D eigenvalue weighted by Crippen LogP contribution is 2.17. The minimum absolute atomic E-state index is 0.0708. The number of nitrogens with zero attached hydrogens (tertiary/aromatic N) is 2. The molecule has 0 saturated carbocycles. The van der Waals surface area contributed by atoms with Crippen LogP contribution in [0.2, 0.25) is 0 Å². The Morgan fingerprint density at radius 1 is 0.957 bits per heavy atom. The van der Waals surface area contributed by atoms with E-state index in [0.29, 0.717) is 31.5 Å². The lowest BCUT2D eigenvalue weighted by Gasteiger charge is -2.26. The molecule has 1 aromatic heterocycles. The summed E-state index contributed by atoms with van der Waals surface area (Å²) in [5.74, 6) is -6.30. The number of aliphatic hydroxyl groups is 1. The van der Waals surface area contributed by atoms with Gasteiger partial charge in [-0.2, -0.15) is 0 Å². The van der Waals surface area contributed by atoms with Gasteiger partial charge in [-0.15, -0.1) is 0 Å². The molecule has 0 aliphatic carbocycles. The van der Waals surface area contributed by atoms with Crippen LogP contribution < -0.4 is 32.7 Å². The maximum Gasteiger partial charge on any atom is 0.326 e. The number of carboxylic acid groups (broad SMARTS) is 2. The van der Waals surface area contributed by atoms with E-state index in [-0.39, 0.29) is 38.6 Å². The van der Waals surface area contributed by atoms with Crippen LogP contribution in [-0.2, 0) is 40.0 Å². The number of unbranched alkanes of at least 4 members (excludes halogenated alkanes) is 1. The van der Waals surface area contributed by atoms with Crippen LogP contribution >= 0.6 is 0 Å². The summed E-state index contributed by atoms with van der Waals surface area (Å²) in [7, 11) is 0. The van der Waals surface area contributed by atoms with Crippen LogP contribution in [0.3, 0.4) is 0 Å². The monoisotopic (exact) mass is 653 g/mol. The average Bonchev–Trinajstić information content (AvgIpc) is 3.73. The van der Waals surface area contributed by atoms with Gasteiger partial charge in [0.05, 0.1) is 25.5 Å². The highest BCUT2D eigenvalue weighted by atomic mass is 16.4. The fourth-order valence-electron chi connectivity index (χ4n) is 4.72. The van der Waals surface area contributed by atoms with Gasteiger partial charge in [0, 0.05) is 31.3 Å². The summed E-state index contributed by atoms with van der Waals surface area (Å²) in [4.78, 5) is 94.6. The number of likely N-dealkylation sites (tertiary alicyclic amines) is 1. The molecule has 12 N–H and O–H groups in total. The van der Waals surface area contributed by atoms with Crippen LogP contribution in [0.4, 0.5) is 0 Å². The molecule has 1 aliphatic rings. The van der Waals surface area contributed by atoms with Crippen LogP contribution in [0.5, 0.6) is 0 Å². The Balaban J connectivity index is 2.10. The Morgan fingerprint density at radius 3 is 2.24 bits per heavy atom. The number of nitrogens with two attached hydrogens (primary N) is 2. The molecule has 0 aromatic carbocycles. The second-order valence-electron chi connectivity index (χ2n) is 10.8. The number of aromatic nitrogens is 2. The van der Waals surface area contributed by atoms with Gasteiger partial charge >= 0.3 is 11.9 Å². The molecule has 256 valence electrons. The highest BCUT2D eigenvalue weighted by molar-refractivity contribution is 5.96. The van der Waals surface area contributed by atoms with E-state index in [4.69, 9.17) is 16.6 Å². The summed E-state index contributed by atoms with van der Waals surface area (Å²) in [6.07, 6.45) is 3.86. The molecule has 5 atom stereocenters. The number of H-pyrrole nitrogens is 1. The number of amides is 5. The smallest absolute Gasteiger partial charge is 0.326 e. The van der Waals surface area contributed by atoms with E-state index in [1.165, 1.54) is 12.5 Å². The highest BCUT2D eigenvalue weighted by Gasteiger charge is 2.35. The molecule has 2 heterocycles. The number of carbonyl (C=O) groups is 7. The van der Waals surface area contributed by atoms with Crippen LogP contribution in [-0.4, -0.2) is 128 Å². The van der Waals surface area contributed by atoms with E-state index in [1.807, 2.05) is 0 Å². The number of rotatable bonds is 20. The lowest BCUT2D eigenvalue weighted by atomic mass is 10.0. The summed E-state index contributed by atoms with van der Waals surface area (Å²) >= 11 is 0. The summed E-state index contributed by atoms with van der Waals surface area (Å²) in [6.45, 7) is -0.907. The molecule has 0 unspecified atom stereocenters. The quantitative estimate of drug-likeness (QED) is 0.0599. The number of aliphatic hydroxyl groups excluding tert-OH is 1. The lowest BCUT2D eigenvalue weighted by Crippen LogP contribution is -2.59. The van der Waals surface area contributed by atoms with Crippen LogP contribution in [0, 0.1) is 0 Å². The molecule has 0 bridgehead atoms. The maximum absolute atomic E-state index is 13.4. The molecule has 2 rings (SSSR count). The number of carboxylic acids is 2. The molecule has 1 saturated heterocycles. The van der Waals surface area contributed by atoms with E-state index in [2.05, 4.69) is 31.2 Å². The first-order chi connectivity index (χ1) is 21.9. The van der Waals surface area contributed by atoms with E-state index in [1.54, 1.807) is 0 Å². The zero-order valence-corrected chi connectivity index (χ0v) is 25.3. The molecule has 46 heavy (non-hydrogen) atoms. The Hall–Kier alpha value is -4.62. The van der Waals surface area contributed by atoms with Crippen LogP contribution in [0.1, 0.15) is 50.6 Å². The van der Waals surface area contributed by atoms with Gasteiger partial charge in [-0.25, -0.2) is 9.78 Å². The average molecular weight is 654 g/mol. The van der Waals surface area contributed by atoms with Crippen molar-refractivity contribution in [2.24, 2.45) is 11.5 Å². The summed E-state index contributed by atoms with van der Waals surface area (Å²) < 4.78 is 0. The molecule has 19 nitrogen and oxygen atoms in total. The van der Waals surface area contributed by atoms with Gasteiger partial charge in [-0.3, -0.25) is 28.8 Å².